The van der Waals surface area contributed by atoms with Gasteiger partial charge in [-0.1, -0.05) is 30.3 Å². The zero-order chi connectivity index (χ0) is 18.9. The van der Waals surface area contributed by atoms with Gasteiger partial charge in [0.05, 0.1) is 6.61 Å². The van der Waals surface area contributed by atoms with Crippen molar-refractivity contribution in [1.82, 2.24) is 0 Å². The molecule has 136 valence electrons. The van der Waals surface area contributed by atoms with Crippen molar-refractivity contribution in [2.75, 3.05) is 6.61 Å². The minimum Gasteiger partial charge on any atom is -0.489 e. The molecule has 0 aliphatic rings. The van der Waals surface area contributed by atoms with Crippen LogP contribution in [0.25, 0.3) is 0 Å². The van der Waals surface area contributed by atoms with Gasteiger partial charge in [-0.25, -0.2) is 0 Å². The number of rotatable bonds is 9. The molecule has 0 fully saturated rings. The Morgan fingerprint density at radius 1 is 0.962 bits per heavy atom. The van der Waals surface area contributed by atoms with E-state index < -0.39 is 11.9 Å². The number of benzene rings is 2. The van der Waals surface area contributed by atoms with Crippen LogP contribution in [0.15, 0.2) is 54.6 Å². The second-order valence-corrected chi connectivity index (χ2v) is 5.84. The van der Waals surface area contributed by atoms with Crippen LogP contribution in [0.2, 0.25) is 0 Å². The molecule has 0 spiro atoms. The summed E-state index contributed by atoms with van der Waals surface area (Å²) in [5, 5.41) is 0. The van der Waals surface area contributed by atoms with Gasteiger partial charge in [0.1, 0.15) is 24.1 Å². The molecule has 1 atom stereocenters. The van der Waals surface area contributed by atoms with Crippen LogP contribution in [-0.2, 0) is 20.9 Å². The van der Waals surface area contributed by atoms with Crippen molar-refractivity contribution in [3.63, 3.8) is 0 Å². The fraction of sp³-hybridized carbons (Fsp3) is 0.286. The van der Waals surface area contributed by atoms with Crippen LogP contribution in [0.1, 0.15) is 36.2 Å². The quantitative estimate of drug-likeness (QED) is 0.391. The first-order valence-corrected chi connectivity index (χ1v) is 8.48. The number of esters is 1. The maximum atomic E-state index is 12.4. The Labute approximate surface area is 152 Å². The first kappa shape index (κ1) is 19.4. The highest BCUT2D eigenvalue weighted by Crippen LogP contribution is 2.18. The van der Waals surface area contributed by atoms with Crippen molar-refractivity contribution < 1.29 is 23.9 Å². The smallest absolute Gasteiger partial charge is 0.316 e. The summed E-state index contributed by atoms with van der Waals surface area (Å²) in [5.41, 5.74) is 1.47. The Balaban J connectivity index is 1.97. The topological polar surface area (TPSA) is 69.7 Å². The predicted molar refractivity (Wildman–Crippen MR) is 97.0 cm³/mol. The van der Waals surface area contributed by atoms with E-state index in [-0.39, 0.29) is 24.6 Å². The van der Waals surface area contributed by atoms with Crippen LogP contribution < -0.4 is 4.74 Å². The van der Waals surface area contributed by atoms with Gasteiger partial charge < -0.3 is 9.47 Å². The molecular weight excluding hydrogens is 332 g/mol. The number of hydrogen-bond donors (Lipinski definition) is 0. The molecular formula is C21H22O5. The average Bonchev–Trinajstić information content (AvgIpc) is 2.65. The fourth-order valence-corrected chi connectivity index (χ4v) is 2.42. The largest absolute Gasteiger partial charge is 0.489 e. The van der Waals surface area contributed by atoms with E-state index in [2.05, 4.69) is 0 Å². The van der Waals surface area contributed by atoms with Crippen molar-refractivity contribution in [2.45, 2.75) is 26.9 Å². The highest BCUT2D eigenvalue weighted by Gasteiger charge is 2.27. The molecule has 0 bridgehead atoms. The molecule has 0 aliphatic carbocycles. The van der Waals surface area contributed by atoms with E-state index in [0.717, 1.165) is 5.56 Å². The van der Waals surface area contributed by atoms with E-state index in [1.165, 1.54) is 6.92 Å². The Hall–Kier alpha value is -2.95. The maximum Gasteiger partial charge on any atom is 0.316 e. The molecule has 0 N–H and O–H groups in total. The van der Waals surface area contributed by atoms with Crippen molar-refractivity contribution >= 4 is 17.5 Å². The normalized spacial score (nSPS) is 11.5. The van der Waals surface area contributed by atoms with Crippen molar-refractivity contribution in [1.29, 1.82) is 0 Å². The summed E-state index contributed by atoms with van der Waals surface area (Å²) in [6.45, 7) is 3.55. The summed E-state index contributed by atoms with van der Waals surface area (Å²) < 4.78 is 10.5. The first-order valence-electron chi connectivity index (χ1n) is 8.48. The monoisotopic (exact) mass is 354 g/mol. The van der Waals surface area contributed by atoms with Crippen LogP contribution in [0.3, 0.4) is 0 Å². The lowest BCUT2D eigenvalue weighted by molar-refractivity contribution is -0.151. The number of carbonyl (C=O) groups is 3. The molecule has 1 unspecified atom stereocenters. The van der Waals surface area contributed by atoms with Gasteiger partial charge in [-0.2, -0.15) is 0 Å². The molecule has 0 saturated heterocycles. The number of ether oxygens (including phenoxy) is 2. The molecule has 0 saturated carbocycles. The van der Waals surface area contributed by atoms with Gasteiger partial charge in [0, 0.05) is 12.0 Å². The van der Waals surface area contributed by atoms with Crippen molar-refractivity contribution in [3.05, 3.63) is 65.7 Å². The zero-order valence-corrected chi connectivity index (χ0v) is 14.9. The van der Waals surface area contributed by atoms with E-state index >= 15 is 0 Å². The predicted octanol–water partition coefficient (Wildman–Crippen LogP) is 3.61. The van der Waals surface area contributed by atoms with E-state index in [4.69, 9.17) is 9.47 Å². The summed E-state index contributed by atoms with van der Waals surface area (Å²) in [7, 11) is 0. The molecule has 5 nitrogen and oxygen atoms in total. The molecule has 2 rings (SSSR count). The molecule has 26 heavy (non-hydrogen) atoms. The second kappa shape index (κ2) is 9.51. The van der Waals surface area contributed by atoms with Gasteiger partial charge >= 0.3 is 5.97 Å². The molecule has 0 aromatic heterocycles. The van der Waals surface area contributed by atoms with E-state index in [1.807, 2.05) is 30.3 Å². The molecule has 0 radical (unpaired) electrons. The van der Waals surface area contributed by atoms with E-state index in [0.29, 0.717) is 17.9 Å². The van der Waals surface area contributed by atoms with Gasteiger partial charge in [-0.05, 0) is 43.7 Å². The maximum absolute atomic E-state index is 12.4. The number of carbonyl (C=O) groups excluding carboxylic acids is 3. The van der Waals surface area contributed by atoms with Crippen LogP contribution in [0.4, 0.5) is 0 Å². The molecule has 2 aromatic rings. The Bertz CT molecular complexity index is 750. The number of ketones is 2. The lowest BCUT2D eigenvalue weighted by Gasteiger charge is -2.12. The molecule has 0 heterocycles. The molecule has 0 aliphatic heterocycles. The van der Waals surface area contributed by atoms with Crippen molar-refractivity contribution in [3.8, 4) is 5.75 Å². The Morgan fingerprint density at radius 3 is 2.19 bits per heavy atom. The van der Waals surface area contributed by atoms with Gasteiger partial charge in [-0.15, -0.1) is 0 Å². The molecule has 2 aromatic carbocycles. The first-order chi connectivity index (χ1) is 12.5. The molecule has 0 amide bonds. The number of hydrogen-bond acceptors (Lipinski definition) is 5. The summed E-state index contributed by atoms with van der Waals surface area (Å²) in [6, 6.07) is 16.4. The Kier molecular flexibility index (Phi) is 7.09. The van der Waals surface area contributed by atoms with E-state index in [1.54, 1.807) is 31.2 Å². The fourth-order valence-electron chi connectivity index (χ4n) is 2.42. The highest BCUT2D eigenvalue weighted by atomic mass is 16.5. The second-order valence-electron chi connectivity index (χ2n) is 5.84. The van der Waals surface area contributed by atoms with Crippen LogP contribution in [-0.4, -0.2) is 24.1 Å². The Morgan fingerprint density at radius 2 is 1.62 bits per heavy atom. The minimum absolute atomic E-state index is 0.171. The van der Waals surface area contributed by atoms with Crippen LogP contribution >= 0.6 is 0 Å². The average molecular weight is 354 g/mol. The van der Waals surface area contributed by atoms with E-state index in [9.17, 15) is 14.4 Å². The third kappa shape index (κ3) is 5.55. The van der Waals surface area contributed by atoms with Gasteiger partial charge in [0.2, 0.25) is 0 Å². The standard InChI is InChI=1S/C21H22O5/c1-3-25-21(24)19(15(2)22)13-20(23)17-9-11-18(12-10-17)26-14-16-7-5-4-6-8-16/h4-12,19H,3,13-14H2,1-2H3. The van der Waals surface area contributed by atoms with Gasteiger partial charge in [-0.3, -0.25) is 14.4 Å². The SMILES string of the molecule is CCOC(=O)C(CC(=O)c1ccc(OCc2ccccc2)cc1)C(C)=O. The summed E-state index contributed by atoms with van der Waals surface area (Å²) in [4.78, 5) is 35.8. The lowest BCUT2D eigenvalue weighted by Crippen LogP contribution is -2.27. The summed E-state index contributed by atoms with van der Waals surface area (Å²) in [5.74, 6) is -1.74. The summed E-state index contributed by atoms with van der Waals surface area (Å²) in [6.07, 6.45) is -0.196. The van der Waals surface area contributed by atoms with Gasteiger partial charge in [0.25, 0.3) is 0 Å². The van der Waals surface area contributed by atoms with Crippen LogP contribution in [0, 0.1) is 5.92 Å². The third-order valence-corrected chi connectivity index (χ3v) is 3.88. The number of Topliss-reactive ketones (excluding diaryl/α,β-unsaturated/α-hetero) is 2. The molecule has 5 heteroatoms. The zero-order valence-electron chi connectivity index (χ0n) is 14.9. The minimum atomic E-state index is -1.06. The highest BCUT2D eigenvalue weighted by molar-refractivity contribution is 6.05. The third-order valence-electron chi connectivity index (χ3n) is 3.88. The summed E-state index contributed by atoms with van der Waals surface area (Å²) >= 11 is 0. The van der Waals surface area contributed by atoms with Crippen molar-refractivity contribution in [2.24, 2.45) is 5.92 Å². The van der Waals surface area contributed by atoms with Gasteiger partial charge in [0.15, 0.2) is 5.78 Å². The lowest BCUT2D eigenvalue weighted by atomic mass is 9.95. The van der Waals surface area contributed by atoms with Crippen LogP contribution in [0.5, 0.6) is 5.75 Å².